The first-order valence-electron chi connectivity index (χ1n) is 6.98. The zero-order valence-electron chi connectivity index (χ0n) is 11.1. The van der Waals surface area contributed by atoms with E-state index in [-0.39, 0.29) is 0 Å². The van der Waals surface area contributed by atoms with Gasteiger partial charge in [-0.25, -0.2) is 0 Å². The van der Waals surface area contributed by atoms with Crippen molar-refractivity contribution in [1.29, 1.82) is 0 Å². The maximum Gasteiger partial charge on any atom is 0.0160 e. The van der Waals surface area contributed by atoms with Crippen LogP contribution in [0, 0.1) is 5.92 Å². The summed E-state index contributed by atoms with van der Waals surface area (Å²) < 4.78 is 0. The molecule has 0 radical (unpaired) electrons. The molecule has 0 aromatic heterocycles. The number of allylic oxidation sites excluding steroid dienone is 3. The molecular formula is C17H20S. The molecule has 18 heavy (non-hydrogen) atoms. The van der Waals surface area contributed by atoms with Gasteiger partial charge in [0.15, 0.2) is 0 Å². The first-order chi connectivity index (χ1) is 8.81. The molecule has 0 bridgehead atoms. The Morgan fingerprint density at radius 2 is 2.00 bits per heavy atom. The summed E-state index contributed by atoms with van der Waals surface area (Å²) in [7, 11) is 0. The molecule has 1 aliphatic carbocycles. The van der Waals surface area contributed by atoms with Crippen LogP contribution in [0.15, 0.2) is 51.8 Å². The Hall–Kier alpha value is -0.950. The first-order valence-corrected chi connectivity index (χ1v) is 7.80. The number of benzene rings is 1. The zero-order valence-corrected chi connectivity index (χ0v) is 12.0. The highest BCUT2D eigenvalue weighted by Gasteiger charge is 2.31. The van der Waals surface area contributed by atoms with Crippen LogP contribution in [-0.4, -0.2) is 0 Å². The lowest BCUT2D eigenvalue weighted by molar-refractivity contribution is 0.486. The van der Waals surface area contributed by atoms with E-state index in [0.29, 0.717) is 5.92 Å². The van der Waals surface area contributed by atoms with Gasteiger partial charge in [-0.1, -0.05) is 62.4 Å². The fourth-order valence-corrected chi connectivity index (χ4v) is 4.24. The average Bonchev–Trinajstić information content (AvgIpc) is 2.44. The molecule has 2 atom stereocenters. The lowest BCUT2D eigenvalue weighted by Crippen LogP contribution is -2.18. The number of rotatable bonds is 2. The summed E-state index contributed by atoms with van der Waals surface area (Å²) in [5.74, 6) is 1.33. The summed E-state index contributed by atoms with van der Waals surface area (Å²) in [6, 6.07) is 8.96. The Bertz CT molecular complexity index is 510. The van der Waals surface area contributed by atoms with Gasteiger partial charge < -0.3 is 0 Å². The van der Waals surface area contributed by atoms with Gasteiger partial charge in [0.05, 0.1) is 0 Å². The van der Waals surface area contributed by atoms with Gasteiger partial charge in [-0.15, -0.1) is 0 Å². The van der Waals surface area contributed by atoms with Crippen molar-refractivity contribution in [3.05, 3.63) is 52.5 Å². The lowest BCUT2D eigenvalue weighted by Gasteiger charge is -2.35. The first kappa shape index (κ1) is 12.1. The fourth-order valence-electron chi connectivity index (χ4n) is 3.02. The number of hydrogen-bond acceptors (Lipinski definition) is 1. The van der Waals surface area contributed by atoms with Crippen molar-refractivity contribution in [2.24, 2.45) is 5.92 Å². The Morgan fingerprint density at radius 3 is 2.83 bits per heavy atom. The van der Waals surface area contributed by atoms with E-state index >= 15 is 0 Å². The molecule has 1 heteroatoms. The Morgan fingerprint density at radius 1 is 1.22 bits per heavy atom. The predicted octanol–water partition coefficient (Wildman–Crippen LogP) is 5.53. The van der Waals surface area contributed by atoms with Gasteiger partial charge in [0, 0.05) is 15.7 Å². The minimum Gasteiger partial charge on any atom is -0.0898 e. The smallest absolute Gasteiger partial charge is 0.0160 e. The molecule has 1 aliphatic heterocycles. The van der Waals surface area contributed by atoms with Gasteiger partial charge >= 0.3 is 0 Å². The van der Waals surface area contributed by atoms with Gasteiger partial charge in [-0.2, -0.15) is 0 Å². The summed E-state index contributed by atoms with van der Waals surface area (Å²) >= 11 is 1.97. The van der Waals surface area contributed by atoms with Crippen molar-refractivity contribution in [3.8, 4) is 0 Å². The van der Waals surface area contributed by atoms with Crippen LogP contribution in [0.1, 0.15) is 44.6 Å². The molecule has 0 saturated heterocycles. The lowest BCUT2D eigenvalue weighted by atomic mass is 9.78. The molecule has 0 fully saturated rings. The van der Waals surface area contributed by atoms with Crippen molar-refractivity contribution in [1.82, 2.24) is 0 Å². The standard InChI is InChI=1S/C17H20S/c1-3-12(2)17-13-8-4-6-10-15(13)18-16-11-7-5-9-14(16)17/h4,6,8-12,17H,3,5,7H2,1-2H3. The SMILES string of the molecule is CCC(C)C1C2=CCCC=C2Sc2ccccc21. The fraction of sp³-hybridized carbons (Fsp3) is 0.412. The molecule has 2 unspecified atom stereocenters. The van der Waals surface area contributed by atoms with Crippen LogP contribution >= 0.6 is 11.8 Å². The Balaban J connectivity index is 2.13. The second-order valence-corrected chi connectivity index (χ2v) is 6.39. The van der Waals surface area contributed by atoms with E-state index in [1.54, 1.807) is 11.1 Å². The van der Waals surface area contributed by atoms with Gasteiger partial charge in [0.2, 0.25) is 0 Å². The van der Waals surface area contributed by atoms with Crippen molar-refractivity contribution < 1.29 is 0 Å². The Kier molecular flexibility index (Phi) is 3.34. The second-order valence-electron chi connectivity index (χ2n) is 5.31. The summed E-state index contributed by atoms with van der Waals surface area (Å²) in [6.07, 6.45) is 8.59. The molecule has 0 N–H and O–H groups in total. The van der Waals surface area contributed by atoms with E-state index in [2.05, 4.69) is 50.3 Å². The van der Waals surface area contributed by atoms with E-state index in [1.165, 1.54) is 29.1 Å². The van der Waals surface area contributed by atoms with Crippen LogP contribution < -0.4 is 0 Å². The van der Waals surface area contributed by atoms with Crippen LogP contribution in [0.3, 0.4) is 0 Å². The highest BCUT2D eigenvalue weighted by atomic mass is 32.2. The van der Waals surface area contributed by atoms with E-state index in [0.717, 1.165) is 5.92 Å². The highest BCUT2D eigenvalue weighted by Crippen LogP contribution is 2.52. The molecule has 1 aromatic rings. The number of fused-ring (bicyclic) bond motifs is 2. The maximum atomic E-state index is 2.48. The van der Waals surface area contributed by atoms with E-state index < -0.39 is 0 Å². The zero-order chi connectivity index (χ0) is 12.5. The van der Waals surface area contributed by atoms with Crippen molar-refractivity contribution in [2.45, 2.75) is 43.9 Å². The largest absolute Gasteiger partial charge is 0.0898 e. The van der Waals surface area contributed by atoms with E-state index in [4.69, 9.17) is 0 Å². The average molecular weight is 256 g/mol. The molecule has 1 heterocycles. The van der Waals surface area contributed by atoms with E-state index in [1.807, 2.05) is 11.8 Å². The topological polar surface area (TPSA) is 0 Å². The molecule has 0 spiro atoms. The number of thioether (sulfide) groups is 1. The summed E-state index contributed by atoms with van der Waals surface area (Å²) in [5.41, 5.74) is 3.14. The molecule has 1 aromatic carbocycles. The minimum atomic E-state index is 0.610. The monoisotopic (exact) mass is 256 g/mol. The summed E-state index contributed by atoms with van der Waals surface area (Å²) in [5, 5.41) is 0. The van der Waals surface area contributed by atoms with Gasteiger partial charge in [0.25, 0.3) is 0 Å². The van der Waals surface area contributed by atoms with Crippen LogP contribution in [-0.2, 0) is 0 Å². The van der Waals surface area contributed by atoms with Crippen LogP contribution in [0.25, 0.3) is 0 Å². The molecule has 0 nitrogen and oxygen atoms in total. The van der Waals surface area contributed by atoms with Crippen molar-refractivity contribution in [2.75, 3.05) is 0 Å². The third kappa shape index (κ3) is 1.95. The van der Waals surface area contributed by atoms with E-state index in [9.17, 15) is 0 Å². The highest BCUT2D eigenvalue weighted by molar-refractivity contribution is 8.03. The van der Waals surface area contributed by atoms with Crippen LogP contribution in [0.4, 0.5) is 0 Å². The summed E-state index contributed by atoms with van der Waals surface area (Å²) in [4.78, 5) is 2.98. The van der Waals surface area contributed by atoms with Crippen molar-refractivity contribution >= 4 is 11.8 Å². The van der Waals surface area contributed by atoms with Gasteiger partial charge in [0.1, 0.15) is 0 Å². The minimum absolute atomic E-state index is 0.610. The molecule has 0 amide bonds. The summed E-state index contributed by atoms with van der Waals surface area (Å²) in [6.45, 7) is 4.70. The molecular weight excluding hydrogens is 236 g/mol. The third-order valence-electron chi connectivity index (χ3n) is 4.17. The molecule has 2 aliphatic rings. The van der Waals surface area contributed by atoms with Gasteiger partial charge in [-0.05, 0) is 36.0 Å². The molecule has 94 valence electrons. The van der Waals surface area contributed by atoms with Crippen LogP contribution in [0.2, 0.25) is 0 Å². The number of hydrogen-bond donors (Lipinski definition) is 0. The quantitative estimate of drug-likeness (QED) is 0.670. The predicted molar refractivity (Wildman–Crippen MR) is 79.9 cm³/mol. The molecule has 0 saturated carbocycles. The van der Waals surface area contributed by atoms with Gasteiger partial charge in [-0.3, -0.25) is 0 Å². The Labute approximate surface area is 114 Å². The second kappa shape index (κ2) is 4.97. The maximum absolute atomic E-state index is 2.48. The normalized spacial score (nSPS) is 23.6. The third-order valence-corrected chi connectivity index (χ3v) is 5.38. The molecule has 3 rings (SSSR count). The van der Waals surface area contributed by atoms with Crippen molar-refractivity contribution in [3.63, 3.8) is 0 Å². The van der Waals surface area contributed by atoms with Crippen LogP contribution in [0.5, 0.6) is 0 Å².